The molecule has 204 valence electrons. The van der Waals surface area contributed by atoms with Gasteiger partial charge in [-0.3, -0.25) is 14.6 Å². The van der Waals surface area contributed by atoms with Crippen LogP contribution in [0.5, 0.6) is 5.75 Å². The minimum atomic E-state index is -0.532. The van der Waals surface area contributed by atoms with Gasteiger partial charge in [0.15, 0.2) is 5.75 Å². The van der Waals surface area contributed by atoms with E-state index in [4.69, 9.17) is 4.74 Å². The van der Waals surface area contributed by atoms with Gasteiger partial charge < -0.3 is 30.3 Å². The van der Waals surface area contributed by atoms with Crippen LogP contribution in [0.15, 0.2) is 73.1 Å². The summed E-state index contributed by atoms with van der Waals surface area (Å²) in [5, 5.41) is 15.6. The predicted octanol–water partition coefficient (Wildman–Crippen LogP) is 3.72. The largest absolute Gasteiger partial charge is 0.485 e. The summed E-state index contributed by atoms with van der Waals surface area (Å²) in [4.78, 5) is 46.6. The van der Waals surface area contributed by atoms with Crippen molar-refractivity contribution in [3.05, 3.63) is 84.2 Å². The van der Waals surface area contributed by atoms with Crippen LogP contribution in [0.3, 0.4) is 0 Å². The maximum Gasteiger partial charge on any atom is 0.321 e. The average molecular weight is 532 g/mol. The quantitative estimate of drug-likeness (QED) is 0.427. The summed E-state index contributed by atoms with van der Waals surface area (Å²) in [5.74, 6) is -0.694. The fraction of sp³-hybridized carbons (Fsp3) is 0.310. The molecular weight excluding hydrogens is 498 g/mol. The monoisotopic (exact) mass is 531 g/mol. The summed E-state index contributed by atoms with van der Waals surface area (Å²) < 4.78 is 6.46. The van der Waals surface area contributed by atoms with Crippen molar-refractivity contribution in [1.29, 1.82) is 0 Å². The standard InChI is InChI=1S/C29H33N5O5/c1-19-16-34(20(2)18-35)28(37)23-10-7-11-24(32-27(36)21-12-14-30-15-13-21)26(23)39-25(19)17-33(3)29(38)31-22-8-5-4-6-9-22/h4-15,19-20,25,35H,16-18H2,1-3H3,(H,31,38)(H,32,36)/t19-,20+,25+/m1/s1. The number of nitrogens with zero attached hydrogens (tertiary/aromatic N) is 3. The van der Waals surface area contributed by atoms with E-state index in [1.807, 2.05) is 25.1 Å². The molecule has 0 fully saturated rings. The zero-order valence-electron chi connectivity index (χ0n) is 22.2. The Morgan fingerprint density at radius 3 is 2.51 bits per heavy atom. The number of urea groups is 1. The second-order valence-electron chi connectivity index (χ2n) is 9.67. The number of rotatable bonds is 7. The first-order chi connectivity index (χ1) is 18.8. The maximum atomic E-state index is 13.6. The van der Waals surface area contributed by atoms with Crippen LogP contribution in [0, 0.1) is 5.92 Å². The van der Waals surface area contributed by atoms with Crippen molar-refractivity contribution < 1.29 is 24.2 Å². The fourth-order valence-corrected chi connectivity index (χ4v) is 4.35. The van der Waals surface area contributed by atoms with Gasteiger partial charge in [-0.05, 0) is 43.3 Å². The van der Waals surface area contributed by atoms with E-state index in [2.05, 4.69) is 15.6 Å². The highest BCUT2D eigenvalue weighted by atomic mass is 16.5. The number of aliphatic hydroxyl groups is 1. The molecule has 10 nitrogen and oxygen atoms in total. The van der Waals surface area contributed by atoms with Gasteiger partial charge in [0.1, 0.15) is 6.10 Å². The number of carbonyl (C=O) groups excluding carboxylic acids is 3. The first-order valence-corrected chi connectivity index (χ1v) is 12.8. The van der Waals surface area contributed by atoms with Crippen LogP contribution >= 0.6 is 0 Å². The number of fused-ring (bicyclic) bond motifs is 1. The number of amides is 4. The molecule has 3 atom stereocenters. The van der Waals surface area contributed by atoms with E-state index in [1.165, 1.54) is 17.3 Å². The van der Waals surface area contributed by atoms with Gasteiger partial charge in [0.2, 0.25) is 0 Å². The van der Waals surface area contributed by atoms with Crippen LogP contribution in [-0.4, -0.2) is 76.6 Å². The third kappa shape index (κ3) is 6.53. The van der Waals surface area contributed by atoms with E-state index in [1.54, 1.807) is 61.3 Å². The number of aliphatic hydroxyl groups excluding tert-OH is 1. The number of aromatic nitrogens is 1. The van der Waals surface area contributed by atoms with E-state index in [0.29, 0.717) is 23.5 Å². The van der Waals surface area contributed by atoms with Gasteiger partial charge in [0, 0.05) is 43.2 Å². The smallest absolute Gasteiger partial charge is 0.321 e. The number of anilines is 2. The molecule has 3 N–H and O–H groups in total. The summed E-state index contributed by atoms with van der Waals surface area (Å²) in [5.41, 5.74) is 1.66. The van der Waals surface area contributed by atoms with Gasteiger partial charge in [0.25, 0.3) is 11.8 Å². The molecule has 4 amide bonds. The van der Waals surface area contributed by atoms with Gasteiger partial charge in [-0.1, -0.05) is 31.2 Å². The maximum absolute atomic E-state index is 13.6. The normalized spacial score (nSPS) is 17.6. The lowest BCUT2D eigenvalue weighted by molar-refractivity contribution is 0.0372. The third-order valence-electron chi connectivity index (χ3n) is 6.71. The summed E-state index contributed by atoms with van der Waals surface area (Å²) in [6.45, 7) is 4.02. The topological polar surface area (TPSA) is 124 Å². The minimum Gasteiger partial charge on any atom is -0.485 e. The summed E-state index contributed by atoms with van der Waals surface area (Å²) >= 11 is 0. The molecule has 0 bridgehead atoms. The highest BCUT2D eigenvalue weighted by molar-refractivity contribution is 6.07. The van der Waals surface area contributed by atoms with Crippen molar-refractivity contribution in [2.45, 2.75) is 26.0 Å². The molecule has 2 heterocycles. The van der Waals surface area contributed by atoms with Gasteiger partial charge in [-0.15, -0.1) is 0 Å². The van der Waals surface area contributed by atoms with Crippen LogP contribution in [0.1, 0.15) is 34.6 Å². The second kappa shape index (κ2) is 12.4. The molecule has 1 aliphatic rings. The number of ether oxygens (including phenoxy) is 1. The molecule has 0 spiro atoms. The molecular formula is C29H33N5O5. The Bertz CT molecular complexity index is 1300. The van der Waals surface area contributed by atoms with E-state index in [-0.39, 0.29) is 48.2 Å². The van der Waals surface area contributed by atoms with Gasteiger partial charge >= 0.3 is 6.03 Å². The van der Waals surface area contributed by atoms with Crippen LogP contribution in [0.2, 0.25) is 0 Å². The molecule has 0 saturated carbocycles. The van der Waals surface area contributed by atoms with Crippen molar-refractivity contribution >= 4 is 29.2 Å². The van der Waals surface area contributed by atoms with Gasteiger partial charge in [-0.25, -0.2) is 4.79 Å². The van der Waals surface area contributed by atoms with E-state index < -0.39 is 12.1 Å². The number of para-hydroxylation sites is 2. The molecule has 1 aliphatic heterocycles. The number of likely N-dealkylation sites (N-methyl/N-ethyl adjacent to an activating group) is 1. The number of hydrogen-bond acceptors (Lipinski definition) is 6. The van der Waals surface area contributed by atoms with Crippen molar-refractivity contribution in [2.75, 3.05) is 37.4 Å². The Morgan fingerprint density at radius 1 is 1.10 bits per heavy atom. The Morgan fingerprint density at radius 2 is 1.82 bits per heavy atom. The lowest BCUT2D eigenvalue weighted by atomic mass is 9.99. The zero-order chi connectivity index (χ0) is 27.9. The van der Waals surface area contributed by atoms with Gasteiger partial charge in [-0.2, -0.15) is 0 Å². The molecule has 0 saturated heterocycles. The molecule has 0 aliphatic carbocycles. The lowest BCUT2D eigenvalue weighted by Crippen LogP contribution is -2.50. The number of nitrogens with one attached hydrogen (secondary N) is 2. The highest BCUT2D eigenvalue weighted by Crippen LogP contribution is 2.35. The van der Waals surface area contributed by atoms with Crippen LogP contribution in [-0.2, 0) is 0 Å². The Balaban J connectivity index is 1.65. The predicted molar refractivity (Wildman–Crippen MR) is 148 cm³/mol. The molecule has 10 heteroatoms. The molecule has 39 heavy (non-hydrogen) atoms. The molecule has 1 aromatic heterocycles. The Hall–Kier alpha value is -4.44. The summed E-state index contributed by atoms with van der Waals surface area (Å²) in [7, 11) is 1.67. The van der Waals surface area contributed by atoms with E-state index >= 15 is 0 Å². The first-order valence-electron chi connectivity index (χ1n) is 12.8. The van der Waals surface area contributed by atoms with Crippen LogP contribution < -0.4 is 15.4 Å². The molecule has 2 aromatic carbocycles. The van der Waals surface area contributed by atoms with Crippen LogP contribution in [0.25, 0.3) is 0 Å². The molecule has 0 unspecified atom stereocenters. The van der Waals surface area contributed by atoms with Crippen molar-refractivity contribution in [3.63, 3.8) is 0 Å². The second-order valence-corrected chi connectivity index (χ2v) is 9.67. The minimum absolute atomic E-state index is 0.210. The van der Waals surface area contributed by atoms with Crippen molar-refractivity contribution in [3.8, 4) is 5.75 Å². The van der Waals surface area contributed by atoms with E-state index in [9.17, 15) is 19.5 Å². The Kier molecular flexibility index (Phi) is 8.77. The number of benzene rings is 2. The van der Waals surface area contributed by atoms with Crippen LogP contribution in [0.4, 0.5) is 16.2 Å². The average Bonchev–Trinajstić information content (AvgIpc) is 2.95. The van der Waals surface area contributed by atoms with Gasteiger partial charge in [0.05, 0.1) is 30.4 Å². The number of hydrogen-bond donors (Lipinski definition) is 3. The highest BCUT2D eigenvalue weighted by Gasteiger charge is 2.35. The third-order valence-corrected chi connectivity index (χ3v) is 6.71. The van der Waals surface area contributed by atoms with Crippen molar-refractivity contribution in [1.82, 2.24) is 14.8 Å². The first kappa shape index (κ1) is 27.6. The molecule has 0 radical (unpaired) electrons. The SMILES string of the molecule is C[C@@H]1CN([C@@H](C)CO)C(=O)c2cccc(NC(=O)c3ccncc3)c2O[C@H]1CN(C)C(=O)Nc1ccccc1. The van der Waals surface area contributed by atoms with E-state index in [0.717, 1.165) is 0 Å². The Labute approximate surface area is 227 Å². The lowest BCUT2D eigenvalue weighted by Gasteiger charge is -2.38. The number of carbonyl (C=O) groups is 3. The molecule has 3 aromatic rings. The fourth-order valence-electron chi connectivity index (χ4n) is 4.35. The number of pyridine rings is 1. The summed E-state index contributed by atoms with van der Waals surface area (Å²) in [6, 6.07) is 16.5. The summed E-state index contributed by atoms with van der Waals surface area (Å²) in [6.07, 6.45) is 2.51. The molecule has 4 rings (SSSR count). The van der Waals surface area contributed by atoms with Crippen molar-refractivity contribution in [2.24, 2.45) is 5.92 Å². The zero-order valence-corrected chi connectivity index (χ0v) is 22.2.